The summed E-state index contributed by atoms with van der Waals surface area (Å²) in [6, 6.07) is 54.2. The Morgan fingerprint density at radius 2 is 1.17 bits per heavy atom. The number of hydrogen-bond acceptors (Lipinski definition) is 2. The summed E-state index contributed by atoms with van der Waals surface area (Å²) in [5.74, 6) is 3.91. The molecule has 0 saturated heterocycles. The molecule has 4 aromatic heterocycles. The van der Waals surface area contributed by atoms with E-state index in [1.54, 1.807) is 22.3 Å². The minimum absolute atomic E-state index is 0.0795. The number of imidazole rings is 1. The van der Waals surface area contributed by atoms with Gasteiger partial charge in [-0.1, -0.05) is 102 Å². The van der Waals surface area contributed by atoms with Crippen LogP contribution in [0.15, 0.2) is 158 Å². The van der Waals surface area contributed by atoms with Gasteiger partial charge in [0.05, 0.1) is 0 Å². The molecule has 4 bridgehead atoms. The van der Waals surface area contributed by atoms with E-state index in [2.05, 4.69) is 232 Å². The van der Waals surface area contributed by atoms with Gasteiger partial charge in [0.25, 0.3) is 0 Å². The van der Waals surface area contributed by atoms with Crippen LogP contribution in [-0.4, -0.2) is 18.5 Å². The number of rotatable bonds is 8. The third-order valence-electron chi connectivity index (χ3n) is 17.9. The van der Waals surface area contributed by atoms with E-state index in [4.69, 9.17) is 9.72 Å². The predicted molar refractivity (Wildman–Crippen MR) is 320 cm³/mol. The first-order valence-corrected chi connectivity index (χ1v) is 30.4. The Morgan fingerprint density at radius 1 is 0.513 bits per heavy atom. The van der Waals surface area contributed by atoms with Crippen LogP contribution in [0.5, 0.6) is 11.5 Å². The van der Waals surface area contributed by atoms with Gasteiger partial charge in [-0.05, 0) is 38.6 Å². The number of aromatic nitrogens is 4. The standard InChI is InChI=1S/C72H74N4O.Pt/c1-71(2,3)56-34-29-49(30-35-56)63-45-73-68(44-64(63)72(4,5)6)76-65-40-33-55(48-17-10-7-11-18-48)41-62(65)61-39-38-60(43-66(61)76)77-59-24-16-23-58(42-59)74-46-67-50-25-26-53-27-28-54(32-37-57(36-31-50)75(67)47-74)70(52-21-14-9-15-22-52)69(53)51-19-12-8-13-20-51;/h7,10-11,16-18,23-24,27-31,33-36,38-46,51-52H,8-9,12-15,19-22,25-26,32,37H2,1-6H3;. The third-order valence-corrected chi connectivity index (χ3v) is 19.0. The van der Waals surface area contributed by atoms with Crippen LogP contribution in [0.4, 0.5) is 0 Å². The summed E-state index contributed by atoms with van der Waals surface area (Å²) in [5, 5.41) is 2.34. The molecular formula is C72H74N4OPt. The molecule has 2 saturated carbocycles. The molecule has 0 atom stereocenters. The van der Waals surface area contributed by atoms with E-state index in [-0.39, 0.29) is 10.8 Å². The Kier molecular flexibility index (Phi) is 13.4. The molecule has 4 aliphatic rings. The quantitative estimate of drug-likeness (QED) is 0.152. The molecule has 398 valence electrons. The normalized spacial score (nSPS) is 15.8. The van der Waals surface area contributed by atoms with Crippen LogP contribution in [0.1, 0.15) is 162 Å². The van der Waals surface area contributed by atoms with Gasteiger partial charge in [0.1, 0.15) is 0 Å². The molecule has 0 N–H and O–H groups in total. The summed E-state index contributed by atoms with van der Waals surface area (Å²) >= 11 is 2.58. The van der Waals surface area contributed by atoms with E-state index in [0.717, 1.165) is 82.5 Å². The maximum atomic E-state index is 6.97. The van der Waals surface area contributed by atoms with Gasteiger partial charge < -0.3 is 0 Å². The monoisotopic (exact) mass is 1210 g/mol. The van der Waals surface area contributed by atoms with Crippen molar-refractivity contribution in [2.45, 2.75) is 154 Å². The number of nitrogens with zero attached hydrogens (tertiary/aromatic N) is 4. The molecule has 5 heterocycles. The summed E-state index contributed by atoms with van der Waals surface area (Å²) in [4.78, 5) is 5.32. The van der Waals surface area contributed by atoms with Gasteiger partial charge in [-0.25, -0.2) is 0 Å². The first kappa shape index (κ1) is 50.9. The van der Waals surface area contributed by atoms with E-state index in [1.807, 2.05) is 0 Å². The maximum absolute atomic E-state index is 6.97. The molecule has 14 rings (SSSR count). The Morgan fingerprint density at radius 3 is 1.86 bits per heavy atom. The zero-order valence-corrected chi connectivity index (χ0v) is 48.9. The predicted octanol–water partition coefficient (Wildman–Crippen LogP) is 19.0. The van der Waals surface area contributed by atoms with Crippen LogP contribution in [-0.2, 0) is 55.9 Å². The second kappa shape index (κ2) is 20.6. The van der Waals surface area contributed by atoms with E-state index in [1.165, 1.54) is 118 Å². The zero-order valence-electron chi connectivity index (χ0n) is 46.6. The molecule has 1 aliphatic heterocycles. The van der Waals surface area contributed by atoms with Gasteiger partial charge in [-0.2, -0.15) is 0 Å². The molecule has 0 spiro atoms. The van der Waals surface area contributed by atoms with Crippen molar-refractivity contribution < 1.29 is 24.1 Å². The van der Waals surface area contributed by atoms with Gasteiger partial charge in [0, 0.05) is 11.8 Å². The number of benzene rings is 6. The Labute approximate surface area is 472 Å². The van der Waals surface area contributed by atoms with E-state index in [0.29, 0.717) is 0 Å². The van der Waals surface area contributed by atoms with E-state index in [9.17, 15) is 0 Å². The summed E-state index contributed by atoms with van der Waals surface area (Å²) in [6.45, 7) is 13.7. The van der Waals surface area contributed by atoms with Gasteiger partial charge in [-0.15, -0.1) is 0 Å². The number of aryl methyl sites for hydroxylation is 4. The number of ether oxygens (including phenoxy) is 1. The fourth-order valence-corrected chi connectivity index (χ4v) is 14.9. The Balaban J connectivity index is 0.870. The second-order valence-corrected chi connectivity index (χ2v) is 26.1. The van der Waals surface area contributed by atoms with Crippen molar-refractivity contribution in [1.82, 2.24) is 18.5 Å². The van der Waals surface area contributed by atoms with Gasteiger partial charge in [-0.3, -0.25) is 0 Å². The Hall–Kier alpha value is -6.55. The molecule has 0 radical (unpaired) electrons. The van der Waals surface area contributed by atoms with Crippen molar-refractivity contribution in [3.8, 4) is 45.3 Å². The molecule has 6 aromatic carbocycles. The molecule has 3 aliphatic carbocycles. The van der Waals surface area contributed by atoms with Crippen molar-refractivity contribution in [2.24, 2.45) is 0 Å². The number of hydrogen-bond donors (Lipinski definition) is 0. The minimum Gasteiger partial charge on any atom is -0.0579 e. The topological polar surface area (TPSA) is 36.4 Å². The van der Waals surface area contributed by atoms with Crippen molar-refractivity contribution in [1.29, 1.82) is 0 Å². The molecular weight excluding hydrogens is 1130 g/mol. The van der Waals surface area contributed by atoms with Crippen molar-refractivity contribution >= 4 is 27.3 Å². The average Bonchev–Trinajstić information content (AvgIpc) is 4.13. The van der Waals surface area contributed by atoms with Crippen LogP contribution >= 0.6 is 0 Å². The summed E-state index contributed by atoms with van der Waals surface area (Å²) in [7, 11) is 0. The van der Waals surface area contributed by atoms with E-state index < -0.39 is 0 Å². The smallest absolute Gasteiger partial charge is 0.0579 e. The van der Waals surface area contributed by atoms with Crippen LogP contribution < -0.4 is 4.74 Å². The van der Waals surface area contributed by atoms with Crippen LogP contribution in [0.3, 0.4) is 0 Å². The Bertz CT molecular complexity index is 3940. The summed E-state index contributed by atoms with van der Waals surface area (Å²) < 4.78 is 15.4. The fourth-order valence-electron chi connectivity index (χ4n) is 13.8. The summed E-state index contributed by atoms with van der Waals surface area (Å²) in [5.41, 5.74) is 21.5. The van der Waals surface area contributed by atoms with E-state index >= 15 is 0 Å². The molecule has 0 unspecified atom stereocenters. The van der Waals surface area contributed by atoms with Gasteiger partial charge in [0.15, 0.2) is 0 Å². The zero-order chi connectivity index (χ0) is 53.3. The number of pyridine rings is 2. The van der Waals surface area contributed by atoms with Crippen LogP contribution in [0.2, 0.25) is 0 Å². The molecule has 6 heteroatoms. The van der Waals surface area contributed by atoms with Crippen LogP contribution in [0, 0.1) is 3.80 Å². The first-order chi connectivity index (χ1) is 37.8. The molecule has 10 aromatic rings. The third kappa shape index (κ3) is 9.56. The first-order valence-electron chi connectivity index (χ1n) is 29.2. The van der Waals surface area contributed by atoms with Crippen molar-refractivity contribution in [2.75, 3.05) is 0 Å². The van der Waals surface area contributed by atoms with Gasteiger partial charge >= 0.3 is 323 Å². The van der Waals surface area contributed by atoms with Gasteiger partial charge in [0.2, 0.25) is 0 Å². The summed E-state index contributed by atoms with van der Waals surface area (Å²) in [6.07, 6.45) is 22.5. The van der Waals surface area contributed by atoms with Crippen molar-refractivity contribution in [3.63, 3.8) is 0 Å². The molecule has 2 fully saturated rings. The SMILES string of the molecule is CC(C)(C)c1ccc(-c2cnc(-n3c4ccc(-c5ccccc5)cc4c4ccc(Oc5cccc(-n6cc7c8ccc(n7[c]6=[Pt])CCc6ccc(c(C7CCCCC7)c6C6CCCCC6)CC8)c5)cc43)cc2C(C)(C)C)cc1. The van der Waals surface area contributed by atoms with Crippen LogP contribution in [0.25, 0.3) is 61.1 Å². The average molecular weight is 1210 g/mol. The molecule has 0 amide bonds. The minimum atomic E-state index is -0.143. The number of fused-ring (bicyclic) bond motifs is 6. The second-order valence-electron chi connectivity index (χ2n) is 25.1. The molecule has 78 heavy (non-hydrogen) atoms. The molecule has 5 nitrogen and oxygen atoms in total. The fraction of sp³-hybridized carbons (Fsp3) is 0.333. The van der Waals surface area contributed by atoms with Crippen molar-refractivity contribution in [3.05, 3.63) is 206 Å².